The Labute approximate surface area is 109 Å². The van der Waals surface area contributed by atoms with Gasteiger partial charge in [0.05, 0.1) is 11.5 Å². The molecule has 0 aromatic heterocycles. The number of rotatable bonds is 5. The lowest BCUT2D eigenvalue weighted by Crippen LogP contribution is -2.42. The van der Waals surface area contributed by atoms with Crippen LogP contribution in [-0.2, 0) is 20.0 Å². The van der Waals surface area contributed by atoms with Crippen LogP contribution in [0.1, 0.15) is 25.7 Å². The van der Waals surface area contributed by atoms with Gasteiger partial charge in [-0.3, -0.25) is 0 Å². The number of piperidine rings is 1. The predicted molar refractivity (Wildman–Crippen MR) is 69.1 cm³/mol. The molecule has 0 unspecified atom stereocenters. The SMILES string of the molecule is CS(=O)(=O)NCC1CCN(S(=O)(=O)C2CC2)CC1. The van der Waals surface area contributed by atoms with E-state index in [2.05, 4.69) is 4.72 Å². The van der Waals surface area contributed by atoms with Crippen LogP contribution in [0.5, 0.6) is 0 Å². The van der Waals surface area contributed by atoms with Crippen molar-refractivity contribution in [3.05, 3.63) is 0 Å². The van der Waals surface area contributed by atoms with Gasteiger partial charge in [-0.05, 0) is 31.6 Å². The van der Waals surface area contributed by atoms with Crippen LogP contribution < -0.4 is 4.72 Å². The third kappa shape index (κ3) is 3.66. The number of hydrogen-bond donors (Lipinski definition) is 1. The summed E-state index contributed by atoms with van der Waals surface area (Å²) in [6.07, 6.45) is 4.18. The van der Waals surface area contributed by atoms with Gasteiger partial charge in [0, 0.05) is 19.6 Å². The monoisotopic (exact) mass is 296 g/mol. The van der Waals surface area contributed by atoms with E-state index in [-0.39, 0.29) is 11.2 Å². The van der Waals surface area contributed by atoms with Gasteiger partial charge < -0.3 is 0 Å². The second kappa shape index (κ2) is 5.07. The molecule has 1 aliphatic heterocycles. The molecule has 1 saturated carbocycles. The molecule has 2 fully saturated rings. The second-order valence-electron chi connectivity index (χ2n) is 5.21. The minimum Gasteiger partial charge on any atom is -0.215 e. The lowest BCUT2D eigenvalue weighted by molar-refractivity contribution is 0.274. The van der Waals surface area contributed by atoms with Crippen molar-refractivity contribution in [2.75, 3.05) is 25.9 Å². The number of hydrogen-bond acceptors (Lipinski definition) is 4. The molecule has 6 nitrogen and oxygen atoms in total. The largest absolute Gasteiger partial charge is 0.216 e. The van der Waals surface area contributed by atoms with Gasteiger partial charge in [-0.1, -0.05) is 0 Å². The fraction of sp³-hybridized carbons (Fsp3) is 1.00. The van der Waals surface area contributed by atoms with Gasteiger partial charge >= 0.3 is 0 Å². The lowest BCUT2D eigenvalue weighted by atomic mass is 9.99. The van der Waals surface area contributed by atoms with Crippen molar-refractivity contribution in [1.82, 2.24) is 9.03 Å². The highest BCUT2D eigenvalue weighted by Crippen LogP contribution is 2.32. The normalized spacial score (nSPS) is 24.3. The van der Waals surface area contributed by atoms with E-state index >= 15 is 0 Å². The standard InChI is InChI=1S/C10H20N2O4S2/c1-17(13,14)11-8-9-4-6-12(7-5-9)18(15,16)10-2-3-10/h9-11H,2-8H2,1H3. The maximum Gasteiger partial charge on any atom is 0.216 e. The summed E-state index contributed by atoms with van der Waals surface area (Å²) in [4.78, 5) is 0. The van der Waals surface area contributed by atoms with Crippen molar-refractivity contribution in [2.24, 2.45) is 5.92 Å². The van der Waals surface area contributed by atoms with Gasteiger partial charge in [0.1, 0.15) is 0 Å². The second-order valence-corrected chi connectivity index (χ2v) is 9.25. The average Bonchev–Trinajstić information content (AvgIpc) is 3.10. The first kappa shape index (κ1) is 14.2. The Kier molecular flexibility index (Phi) is 4.01. The zero-order valence-corrected chi connectivity index (χ0v) is 12.1. The highest BCUT2D eigenvalue weighted by molar-refractivity contribution is 7.90. The lowest BCUT2D eigenvalue weighted by Gasteiger charge is -2.31. The molecule has 18 heavy (non-hydrogen) atoms. The van der Waals surface area contributed by atoms with Crippen molar-refractivity contribution >= 4 is 20.0 Å². The molecule has 0 aromatic rings. The van der Waals surface area contributed by atoms with Crippen molar-refractivity contribution in [1.29, 1.82) is 0 Å². The molecular formula is C10H20N2O4S2. The quantitative estimate of drug-likeness (QED) is 0.757. The molecule has 0 bridgehead atoms. The fourth-order valence-corrected chi connectivity index (χ4v) is 4.63. The van der Waals surface area contributed by atoms with Crippen molar-refractivity contribution in [3.8, 4) is 0 Å². The Balaban J connectivity index is 1.81. The summed E-state index contributed by atoms with van der Waals surface area (Å²) in [5.74, 6) is 0.241. The van der Waals surface area contributed by atoms with Gasteiger partial charge in [0.25, 0.3) is 0 Å². The van der Waals surface area contributed by atoms with Crippen LogP contribution in [0.4, 0.5) is 0 Å². The van der Waals surface area contributed by atoms with Gasteiger partial charge in [-0.2, -0.15) is 0 Å². The maximum atomic E-state index is 12.0. The number of nitrogens with one attached hydrogen (secondary N) is 1. The van der Waals surface area contributed by atoms with E-state index < -0.39 is 20.0 Å². The van der Waals surface area contributed by atoms with Crippen molar-refractivity contribution in [2.45, 2.75) is 30.9 Å². The summed E-state index contributed by atoms with van der Waals surface area (Å²) < 4.78 is 50.0. The first-order valence-corrected chi connectivity index (χ1v) is 9.62. The molecule has 2 aliphatic rings. The summed E-state index contributed by atoms with van der Waals surface area (Å²) in [6, 6.07) is 0. The van der Waals surface area contributed by atoms with Crippen LogP contribution in [0.25, 0.3) is 0 Å². The Morgan fingerprint density at radius 1 is 1.06 bits per heavy atom. The zero-order valence-electron chi connectivity index (χ0n) is 10.5. The average molecular weight is 296 g/mol. The van der Waals surface area contributed by atoms with Crippen LogP contribution in [0.2, 0.25) is 0 Å². The summed E-state index contributed by atoms with van der Waals surface area (Å²) in [5.41, 5.74) is 0. The van der Waals surface area contributed by atoms with Gasteiger partial charge in [0.15, 0.2) is 0 Å². The van der Waals surface area contributed by atoms with E-state index in [4.69, 9.17) is 0 Å². The number of nitrogens with zero attached hydrogens (tertiary/aromatic N) is 1. The molecule has 0 aromatic carbocycles. The summed E-state index contributed by atoms with van der Waals surface area (Å²) in [5, 5.41) is -0.150. The summed E-state index contributed by atoms with van der Waals surface area (Å²) in [7, 11) is -6.21. The van der Waals surface area contributed by atoms with Crippen LogP contribution in [0.3, 0.4) is 0 Å². The van der Waals surface area contributed by atoms with E-state index in [1.807, 2.05) is 0 Å². The summed E-state index contributed by atoms with van der Waals surface area (Å²) >= 11 is 0. The van der Waals surface area contributed by atoms with Crippen molar-refractivity contribution in [3.63, 3.8) is 0 Å². The third-order valence-electron chi connectivity index (χ3n) is 3.51. The molecule has 0 amide bonds. The molecule has 106 valence electrons. The van der Waals surface area contributed by atoms with Gasteiger partial charge in [0.2, 0.25) is 20.0 Å². The van der Waals surface area contributed by atoms with E-state index in [0.717, 1.165) is 31.9 Å². The van der Waals surface area contributed by atoms with Crippen molar-refractivity contribution < 1.29 is 16.8 Å². The molecule has 1 aliphatic carbocycles. The van der Waals surface area contributed by atoms with E-state index in [1.54, 1.807) is 4.31 Å². The van der Waals surface area contributed by atoms with E-state index in [9.17, 15) is 16.8 Å². The Hall–Kier alpha value is -0.180. The summed E-state index contributed by atoms with van der Waals surface area (Å²) in [6.45, 7) is 1.46. The molecule has 0 atom stereocenters. The molecule has 1 N–H and O–H groups in total. The van der Waals surface area contributed by atoms with Crippen LogP contribution >= 0.6 is 0 Å². The molecule has 1 saturated heterocycles. The van der Waals surface area contributed by atoms with Crippen LogP contribution in [0.15, 0.2) is 0 Å². The molecule has 8 heteroatoms. The molecule has 2 rings (SSSR count). The van der Waals surface area contributed by atoms with Crippen LogP contribution in [-0.4, -0.2) is 52.3 Å². The third-order valence-corrected chi connectivity index (χ3v) is 6.60. The van der Waals surface area contributed by atoms with Gasteiger partial charge in [-0.15, -0.1) is 0 Å². The first-order chi connectivity index (χ1) is 8.29. The highest BCUT2D eigenvalue weighted by atomic mass is 32.2. The Morgan fingerprint density at radius 3 is 2.06 bits per heavy atom. The molecule has 0 spiro atoms. The maximum absolute atomic E-state index is 12.0. The van der Waals surface area contributed by atoms with Crippen LogP contribution in [0, 0.1) is 5.92 Å². The smallest absolute Gasteiger partial charge is 0.215 e. The fourth-order valence-electron chi connectivity index (χ4n) is 2.21. The van der Waals surface area contributed by atoms with E-state index in [1.165, 1.54) is 0 Å². The molecular weight excluding hydrogens is 276 g/mol. The number of sulfonamides is 2. The Bertz CT molecular complexity index is 488. The van der Waals surface area contributed by atoms with E-state index in [0.29, 0.717) is 19.6 Å². The zero-order chi connectivity index (χ0) is 13.4. The first-order valence-electron chi connectivity index (χ1n) is 6.22. The van der Waals surface area contributed by atoms with Gasteiger partial charge in [-0.25, -0.2) is 25.9 Å². The molecule has 1 heterocycles. The molecule has 0 radical (unpaired) electrons. The Morgan fingerprint density at radius 2 is 1.61 bits per heavy atom. The minimum absolute atomic E-state index is 0.150. The minimum atomic E-state index is -3.15. The highest BCUT2D eigenvalue weighted by Gasteiger charge is 2.41. The topological polar surface area (TPSA) is 83.6 Å². The predicted octanol–water partition coefficient (Wildman–Crippen LogP) is -0.260.